The standard InChI is InChI=1S/C21H22N6O3S/c1-24-12-22-18-17(24)20(29)27(21(30)25(18)2)11-16(28)26-9-5-6-13(10-26)19-23-14-7-3-4-8-15(14)31-19/h3-4,7-8,12-13H,5-6,9-11H2,1-2H3/t13-/m1/s1. The number of carbonyl (C=O) groups is 1. The molecule has 1 aliphatic rings. The van der Waals surface area contributed by atoms with Gasteiger partial charge in [-0.25, -0.2) is 19.3 Å². The van der Waals surface area contributed by atoms with Gasteiger partial charge in [0.15, 0.2) is 11.2 Å². The molecule has 1 amide bonds. The molecule has 0 N–H and O–H groups in total. The molecule has 1 saturated heterocycles. The van der Waals surface area contributed by atoms with Crippen LogP contribution < -0.4 is 11.2 Å². The summed E-state index contributed by atoms with van der Waals surface area (Å²) in [6, 6.07) is 8.02. The first-order valence-electron chi connectivity index (χ1n) is 10.2. The van der Waals surface area contributed by atoms with Crippen molar-refractivity contribution < 1.29 is 4.79 Å². The Hall–Kier alpha value is -3.27. The van der Waals surface area contributed by atoms with Gasteiger partial charge in [-0.2, -0.15) is 0 Å². The number of para-hydroxylation sites is 1. The molecule has 0 unspecified atom stereocenters. The number of thiazole rings is 1. The molecular formula is C21H22N6O3S. The summed E-state index contributed by atoms with van der Waals surface area (Å²) in [5, 5.41) is 1.03. The van der Waals surface area contributed by atoms with Crippen LogP contribution in [0.5, 0.6) is 0 Å². The number of piperidine rings is 1. The summed E-state index contributed by atoms with van der Waals surface area (Å²) >= 11 is 1.67. The van der Waals surface area contributed by atoms with Crippen LogP contribution in [0.1, 0.15) is 23.8 Å². The van der Waals surface area contributed by atoms with Gasteiger partial charge in [0.25, 0.3) is 5.56 Å². The molecule has 3 aromatic heterocycles. The van der Waals surface area contributed by atoms with Crippen molar-refractivity contribution in [2.75, 3.05) is 13.1 Å². The third-order valence-electron chi connectivity index (χ3n) is 5.93. The molecule has 1 atom stereocenters. The first-order chi connectivity index (χ1) is 14.9. The fourth-order valence-electron chi connectivity index (χ4n) is 4.24. The minimum atomic E-state index is -0.538. The zero-order chi connectivity index (χ0) is 21.7. The highest BCUT2D eigenvalue weighted by Crippen LogP contribution is 2.33. The SMILES string of the molecule is Cn1cnc2c1c(=O)n(CC(=O)N1CCC[C@@H](c3nc4ccccc4s3)C1)c(=O)n2C. The molecule has 4 aromatic rings. The van der Waals surface area contributed by atoms with Crippen LogP contribution in [-0.2, 0) is 25.4 Å². The number of aromatic nitrogens is 5. The van der Waals surface area contributed by atoms with E-state index in [1.54, 1.807) is 34.9 Å². The first kappa shape index (κ1) is 19.7. The van der Waals surface area contributed by atoms with Gasteiger partial charge >= 0.3 is 5.69 Å². The Bertz CT molecular complexity index is 1400. The van der Waals surface area contributed by atoms with Crippen LogP contribution in [0.3, 0.4) is 0 Å². The van der Waals surface area contributed by atoms with Crippen LogP contribution >= 0.6 is 11.3 Å². The topological polar surface area (TPSA) is 95.0 Å². The maximum Gasteiger partial charge on any atom is 0.332 e. The van der Waals surface area contributed by atoms with Crippen molar-refractivity contribution in [3.8, 4) is 0 Å². The lowest BCUT2D eigenvalue weighted by atomic mass is 9.98. The number of imidazole rings is 1. The van der Waals surface area contributed by atoms with Crippen LogP contribution in [0.2, 0.25) is 0 Å². The van der Waals surface area contributed by atoms with Crippen molar-refractivity contribution in [2.24, 2.45) is 14.1 Å². The average molecular weight is 439 g/mol. The smallest absolute Gasteiger partial charge is 0.332 e. The number of likely N-dealkylation sites (tertiary alicyclic amines) is 1. The predicted octanol–water partition coefficient (Wildman–Crippen LogP) is 1.45. The average Bonchev–Trinajstić information content (AvgIpc) is 3.39. The second-order valence-corrected chi connectivity index (χ2v) is 9.02. The normalized spacial score (nSPS) is 17.0. The number of carbonyl (C=O) groups excluding carboxylic acids is 1. The highest BCUT2D eigenvalue weighted by atomic mass is 32.1. The third kappa shape index (κ3) is 3.27. The summed E-state index contributed by atoms with van der Waals surface area (Å²) in [5.41, 5.74) is 0.567. The molecule has 0 saturated carbocycles. The lowest BCUT2D eigenvalue weighted by molar-refractivity contribution is -0.133. The molecule has 1 aliphatic heterocycles. The molecule has 9 nitrogen and oxygen atoms in total. The zero-order valence-corrected chi connectivity index (χ0v) is 18.1. The van der Waals surface area contributed by atoms with Crippen LogP contribution in [-0.4, -0.2) is 47.6 Å². The summed E-state index contributed by atoms with van der Waals surface area (Å²) < 4.78 is 5.03. The highest BCUT2D eigenvalue weighted by Gasteiger charge is 2.28. The van der Waals surface area contributed by atoms with E-state index < -0.39 is 11.2 Å². The molecule has 1 fully saturated rings. The van der Waals surface area contributed by atoms with Crippen molar-refractivity contribution in [3.05, 3.63) is 56.4 Å². The minimum absolute atomic E-state index is 0.161. The molecule has 1 aromatic carbocycles. The minimum Gasteiger partial charge on any atom is -0.340 e. The van der Waals surface area contributed by atoms with Crippen molar-refractivity contribution in [1.82, 2.24) is 28.6 Å². The summed E-state index contributed by atoms with van der Waals surface area (Å²) in [5.74, 6) is -0.0688. The Morgan fingerprint density at radius 2 is 2.03 bits per heavy atom. The van der Waals surface area contributed by atoms with E-state index in [0.717, 1.165) is 32.6 Å². The summed E-state index contributed by atoms with van der Waals surface area (Å²) in [7, 11) is 3.25. The predicted molar refractivity (Wildman–Crippen MR) is 118 cm³/mol. The Balaban J connectivity index is 1.41. The molecule has 31 heavy (non-hydrogen) atoms. The van der Waals surface area contributed by atoms with Crippen LogP contribution in [0, 0.1) is 0 Å². The van der Waals surface area contributed by atoms with E-state index in [4.69, 9.17) is 4.98 Å². The van der Waals surface area contributed by atoms with Crippen LogP contribution in [0.15, 0.2) is 40.2 Å². The third-order valence-corrected chi connectivity index (χ3v) is 7.13. The van der Waals surface area contributed by atoms with Crippen molar-refractivity contribution in [2.45, 2.75) is 25.3 Å². The van der Waals surface area contributed by atoms with Gasteiger partial charge in [-0.05, 0) is 25.0 Å². The first-order valence-corrected chi connectivity index (χ1v) is 11.0. The molecule has 0 spiro atoms. The highest BCUT2D eigenvalue weighted by molar-refractivity contribution is 7.18. The molecule has 0 radical (unpaired) electrons. The van der Waals surface area contributed by atoms with Gasteiger partial charge in [-0.1, -0.05) is 12.1 Å². The quantitative estimate of drug-likeness (QED) is 0.483. The Kier molecular flexibility index (Phi) is 4.73. The fourth-order valence-corrected chi connectivity index (χ4v) is 5.33. The molecule has 5 rings (SSSR count). The van der Waals surface area contributed by atoms with E-state index >= 15 is 0 Å². The number of hydrogen-bond acceptors (Lipinski definition) is 6. The number of nitrogens with zero attached hydrogens (tertiary/aromatic N) is 6. The fraction of sp³-hybridized carbons (Fsp3) is 0.381. The van der Waals surface area contributed by atoms with Crippen LogP contribution in [0.4, 0.5) is 0 Å². The molecular weight excluding hydrogens is 416 g/mol. The Morgan fingerprint density at radius 3 is 2.84 bits per heavy atom. The van der Waals surface area contributed by atoms with Crippen LogP contribution in [0.25, 0.3) is 21.4 Å². The number of fused-ring (bicyclic) bond motifs is 2. The number of benzene rings is 1. The number of aryl methyl sites for hydroxylation is 2. The summed E-state index contributed by atoms with van der Waals surface area (Å²) in [6.45, 7) is 0.879. The lowest BCUT2D eigenvalue weighted by Crippen LogP contribution is -2.46. The second-order valence-electron chi connectivity index (χ2n) is 7.96. The Morgan fingerprint density at radius 1 is 1.23 bits per heavy atom. The van der Waals surface area contributed by atoms with Gasteiger partial charge < -0.3 is 9.47 Å². The van der Waals surface area contributed by atoms with Gasteiger partial charge in [0.1, 0.15) is 6.54 Å². The number of hydrogen-bond donors (Lipinski definition) is 0. The lowest BCUT2D eigenvalue weighted by Gasteiger charge is -2.32. The van der Waals surface area contributed by atoms with E-state index in [-0.39, 0.29) is 18.4 Å². The van der Waals surface area contributed by atoms with Crippen molar-refractivity contribution >= 4 is 38.6 Å². The van der Waals surface area contributed by atoms with E-state index in [9.17, 15) is 14.4 Å². The molecule has 10 heteroatoms. The van der Waals surface area contributed by atoms with Crippen molar-refractivity contribution in [3.63, 3.8) is 0 Å². The van der Waals surface area contributed by atoms with Gasteiger partial charge in [-0.15, -0.1) is 11.3 Å². The zero-order valence-electron chi connectivity index (χ0n) is 17.3. The largest absolute Gasteiger partial charge is 0.340 e. The number of amides is 1. The molecule has 160 valence electrons. The van der Waals surface area contributed by atoms with E-state index in [1.165, 1.54) is 10.9 Å². The van der Waals surface area contributed by atoms with Gasteiger partial charge in [-0.3, -0.25) is 14.2 Å². The molecule has 0 bridgehead atoms. The maximum absolute atomic E-state index is 13.1. The molecule has 4 heterocycles. The number of rotatable bonds is 3. The van der Waals surface area contributed by atoms with Crippen molar-refractivity contribution in [1.29, 1.82) is 0 Å². The van der Waals surface area contributed by atoms with E-state index in [1.807, 2.05) is 18.2 Å². The van der Waals surface area contributed by atoms with Gasteiger partial charge in [0, 0.05) is 33.1 Å². The van der Waals surface area contributed by atoms with E-state index in [0.29, 0.717) is 24.3 Å². The summed E-state index contributed by atoms with van der Waals surface area (Å²) in [4.78, 5) is 49.3. The maximum atomic E-state index is 13.1. The summed E-state index contributed by atoms with van der Waals surface area (Å²) in [6.07, 6.45) is 3.32. The molecule has 0 aliphatic carbocycles. The van der Waals surface area contributed by atoms with Gasteiger partial charge in [0.2, 0.25) is 5.91 Å². The van der Waals surface area contributed by atoms with E-state index in [2.05, 4.69) is 11.1 Å². The second kappa shape index (κ2) is 7.45. The Labute approximate surface area is 181 Å². The van der Waals surface area contributed by atoms with Gasteiger partial charge in [0.05, 0.1) is 21.6 Å². The monoisotopic (exact) mass is 438 g/mol.